The summed E-state index contributed by atoms with van der Waals surface area (Å²) < 4.78 is 5.69. The largest absolute Gasteiger partial charge is 0.388 e. The first-order chi connectivity index (χ1) is 16.5. The maximum absolute atomic E-state index is 11.0. The fourth-order valence-corrected chi connectivity index (χ4v) is 4.74. The van der Waals surface area contributed by atoms with Gasteiger partial charge in [0.15, 0.2) is 0 Å². The monoisotopic (exact) mass is 460 g/mol. The summed E-state index contributed by atoms with van der Waals surface area (Å²) in [5, 5.41) is 21.7. The normalized spacial score (nSPS) is 14.1. The zero-order chi connectivity index (χ0) is 24.5. The van der Waals surface area contributed by atoms with Gasteiger partial charge in [-0.05, 0) is 64.3 Å². The van der Waals surface area contributed by atoms with Crippen LogP contribution in [0.25, 0.3) is 22.3 Å². The van der Waals surface area contributed by atoms with Crippen LogP contribution in [0.1, 0.15) is 94.3 Å². The number of methoxy groups -OCH3 is 1. The van der Waals surface area contributed by atoms with Crippen molar-refractivity contribution in [1.29, 1.82) is 0 Å². The number of hydrogen-bond acceptors (Lipinski definition) is 3. The minimum atomic E-state index is -0.536. The van der Waals surface area contributed by atoms with Crippen LogP contribution in [0, 0.1) is 0 Å². The second-order valence-corrected chi connectivity index (χ2v) is 9.14. The third-order valence-electron chi connectivity index (χ3n) is 6.57. The molecular weight excluding hydrogens is 420 g/mol. The summed E-state index contributed by atoms with van der Waals surface area (Å²) in [6, 6.07) is 23.0. The number of aliphatic hydroxyl groups is 2. The van der Waals surface area contributed by atoms with Gasteiger partial charge in [0.2, 0.25) is 0 Å². The van der Waals surface area contributed by atoms with Gasteiger partial charge in [-0.3, -0.25) is 0 Å². The molecular formula is C31H40O3. The van der Waals surface area contributed by atoms with Crippen LogP contribution in [0.15, 0.2) is 66.7 Å². The number of hydrogen-bond donors (Lipinski definition) is 2. The van der Waals surface area contributed by atoms with Gasteiger partial charge in [-0.2, -0.15) is 0 Å². The Morgan fingerprint density at radius 3 is 1.97 bits per heavy atom. The van der Waals surface area contributed by atoms with E-state index in [1.54, 1.807) is 7.11 Å². The molecule has 0 heterocycles. The molecule has 0 saturated carbocycles. The van der Waals surface area contributed by atoms with E-state index in [0.717, 1.165) is 65.5 Å². The Morgan fingerprint density at radius 2 is 1.32 bits per heavy atom. The predicted molar refractivity (Wildman–Crippen MR) is 142 cm³/mol. The maximum atomic E-state index is 11.0. The highest BCUT2D eigenvalue weighted by Crippen LogP contribution is 2.40. The van der Waals surface area contributed by atoms with E-state index in [2.05, 4.69) is 63.2 Å². The molecule has 182 valence electrons. The summed E-state index contributed by atoms with van der Waals surface area (Å²) in [4.78, 5) is 0. The molecule has 3 heteroatoms. The summed E-state index contributed by atoms with van der Waals surface area (Å²) in [5.41, 5.74) is 7.30. The molecule has 3 atom stereocenters. The molecule has 3 nitrogen and oxygen atoms in total. The third kappa shape index (κ3) is 6.15. The number of aliphatic hydroxyl groups excluding tert-OH is 2. The quantitative estimate of drug-likeness (QED) is 0.286. The molecule has 0 spiro atoms. The standard InChI is InChI=1S/C31H40O3/c1-5-10-28(32)24-13-8-14-25(21-24)31-26(15-9-16-27(31)29(33)11-6-2)22-17-19-23(20-18-22)30(34-4)12-7-3/h8-9,13-21,28-30,32-33H,5-7,10-12H2,1-4H3. The molecule has 0 aromatic heterocycles. The SMILES string of the molecule is CCCC(O)c1cccc(-c2c(-c3ccc(C(CCC)OC)cc3)cccc2C(O)CCC)c1. The van der Waals surface area contributed by atoms with Crippen LogP contribution in [0.3, 0.4) is 0 Å². The molecule has 0 aliphatic rings. The van der Waals surface area contributed by atoms with Gasteiger partial charge in [-0.15, -0.1) is 0 Å². The lowest BCUT2D eigenvalue weighted by atomic mass is 9.86. The molecule has 0 saturated heterocycles. The molecule has 3 unspecified atom stereocenters. The lowest BCUT2D eigenvalue weighted by molar-refractivity contribution is 0.0950. The number of rotatable bonds is 12. The van der Waals surface area contributed by atoms with Crippen molar-refractivity contribution in [2.24, 2.45) is 0 Å². The first-order valence-corrected chi connectivity index (χ1v) is 12.8. The molecule has 0 amide bonds. The smallest absolute Gasteiger partial charge is 0.0821 e. The van der Waals surface area contributed by atoms with Gasteiger partial charge in [0.05, 0.1) is 18.3 Å². The van der Waals surface area contributed by atoms with E-state index in [9.17, 15) is 10.2 Å². The number of benzene rings is 3. The lowest BCUT2D eigenvalue weighted by Crippen LogP contribution is -2.03. The molecule has 3 aromatic rings. The fraction of sp³-hybridized carbons (Fsp3) is 0.419. The van der Waals surface area contributed by atoms with E-state index in [1.165, 1.54) is 5.56 Å². The molecule has 0 radical (unpaired) electrons. The van der Waals surface area contributed by atoms with Crippen LogP contribution in [0.5, 0.6) is 0 Å². The van der Waals surface area contributed by atoms with Crippen LogP contribution in [0.4, 0.5) is 0 Å². The minimum absolute atomic E-state index is 0.105. The van der Waals surface area contributed by atoms with Crippen molar-refractivity contribution in [3.05, 3.63) is 83.4 Å². The van der Waals surface area contributed by atoms with Gasteiger partial charge < -0.3 is 14.9 Å². The second kappa shape index (κ2) is 12.9. The van der Waals surface area contributed by atoms with E-state index < -0.39 is 12.2 Å². The minimum Gasteiger partial charge on any atom is -0.388 e. The van der Waals surface area contributed by atoms with Crippen LogP contribution >= 0.6 is 0 Å². The summed E-state index contributed by atoms with van der Waals surface area (Å²) in [7, 11) is 1.77. The van der Waals surface area contributed by atoms with Crippen molar-refractivity contribution < 1.29 is 14.9 Å². The van der Waals surface area contributed by atoms with E-state index >= 15 is 0 Å². The van der Waals surface area contributed by atoms with Gasteiger partial charge in [0.1, 0.15) is 0 Å². The molecule has 3 rings (SSSR count). The molecule has 3 aromatic carbocycles. The Labute approximate surface area is 205 Å². The van der Waals surface area contributed by atoms with Gasteiger partial charge in [-0.1, -0.05) is 101 Å². The first kappa shape index (κ1) is 26.2. The zero-order valence-electron chi connectivity index (χ0n) is 21.1. The van der Waals surface area contributed by atoms with Gasteiger partial charge in [0, 0.05) is 7.11 Å². The summed E-state index contributed by atoms with van der Waals surface area (Å²) in [5.74, 6) is 0. The van der Waals surface area contributed by atoms with Crippen molar-refractivity contribution in [2.75, 3.05) is 7.11 Å². The van der Waals surface area contributed by atoms with Gasteiger partial charge in [-0.25, -0.2) is 0 Å². The van der Waals surface area contributed by atoms with E-state index in [-0.39, 0.29) is 6.10 Å². The highest BCUT2D eigenvalue weighted by Gasteiger charge is 2.19. The molecule has 2 N–H and O–H groups in total. The highest BCUT2D eigenvalue weighted by atomic mass is 16.5. The van der Waals surface area contributed by atoms with Crippen molar-refractivity contribution >= 4 is 0 Å². The van der Waals surface area contributed by atoms with Crippen LogP contribution < -0.4 is 0 Å². The molecule has 0 bridgehead atoms. The molecule has 0 aliphatic heterocycles. The van der Waals surface area contributed by atoms with E-state index in [0.29, 0.717) is 6.42 Å². The van der Waals surface area contributed by atoms with E-state index in [1.807, 2.05) is 24.3 Å². The summed E-state index contributed by atoms with van der Waals surface area (Å²) >= 11 is 0. The Bertz CT molecular complexity index is 1030. The Kier molecular flexibility index (Phi) is 9.88. The predicted octanol–water partition coefficient (Wildman–Crippen LogP) is 8.18. The second-order valence-electron chi connectivity index (χ2n) is 9.14. The number of ether oxygens (including phenoxy) is 1. The van der Waals surface area contributed by atoms with Crippen LogP contribution in [0.2, 0.25) is 0 Å². The first-order valence-electron chi connectivity index (χ1n) is 12.8. The maximum Gasteiger partial charge on any atom is 0.0821 e. The molecule has 0 fully saturated rings. The third-order valence-corrected chi connectivity index (χ3v) is 6.57. The highest BCUT2D eigenvalue weighted by molar-refractivity contribution is 5.86. The lowest BCUT2D eigenvalue weighted by Gasteiger charge is -2.21. The Hall–Kier alpha value is -2.46. The molecule has 0 aliphatic carbocycles. The van der Waals surface area contributed by atoms with E-state index in [4.69, 9.17) is 4.74 Å². The zero-order valence-corrected chi connectivity index (χ0v) is 21.1. The van der Waals surface area contributed by atoms with Gasteiger partial charge in [0.25, 0.3) is 0 Å². The van der Waals surface area contributed by atoms with Crippen molar-refractivity contribution in [3.8, 4) is 22.3 Å². The molecule has 34 heavy (non-hydrogen) atoms. The van der Waals surface area contributed by atoms with Gasteiger partial charge >= 0.3 is 0 Å². The average Bonchev–Trinajstić information content (AvgIpc) is 2.87. The summed E-state index contributed by atoms with van der Waals surface area (Å²) in [6.45, 7) is 6.35. The van der Waals surface area contributed by atoms with Crippen LogP contribution in [-0.2, 0) is 4.74 Å². The Morgan fingerprint density at radius 1 is 0.676 bits per heavy atom. The van der Waals surface area contributed by atoms with Crippen molar-refractivity contribution in [3.63, 3.8) is 0 Å². The average molecular weight is 461 g/mol. The van der Waals surface area contributed by atoms with Crippen molar-refractivity contribution in [2.45, 2.75) is 77.6 Å². The topological polar surface area (TPSA) is 49.7 Å². The fourth-order valence-electron chi connectivity index (χ4n) is 4.74. The summed E-state index contributed by atoms with van der Waals surface area (Å²) in [6.07, 6.45) is 4.43. The Balaban J connectivity index is 2.12. The van der Waals surface area contributed by atoms with Crippen molar-refractivity contribution in [1.82, 2.24) is 0 Å². The van der Waals surface area contributed by atoms with Crippen LogP contribution in [-0.4, -0.2) is 17.3 Å².